The van der Waals surface area contributed by atoms with Crippen LogP contribution in [0, 0.1) is 0 Å². The molecule has 0 fully saturated rings. The van der Waals surface area contributed by atoms with E-state index < -0.39 is 12.1 Å². The van der Waals surface area contributed by atoms with Gasteiger partial charge in [-0.15, -0.1) is 11.6 Å². The lowest BCUT2D eigenvalue weighted by Gasteiger charge is -2.10. The first-order valence-corrected chi connectivity index (χ1v) is 4.87. The van der Waals surface area contributed by atoms with Gasteiger partial charge in [-0.3, -0.25) is 4.79 Å². The Morgan fingerprint density at radius 1 is 1.57 bits per heavy atom. The van der Waals surface area contributed by atoms with Gasteiger partial charge < -0.3 is 0 Å². The Labute approximate surface area is 91.8 Å². The molecule has 0 aliphatic carbocycles. The van der Waals surface area contributed by atoms with E-state index in [1.807, 2.05) is 0 Å². The van der Waals surface area contributed by atoms with E-state index in [9.17, 15) is 9.18 Å². The number of Topliss-reactive ketones (excluding diaryl/α,β-unsaturated/α-hetero) is 1. The SMILES string of the molecule is CC(=O)C(Cl)c1cccc(CF)c1Cl. The molecule has 0 heterocycles. The highest BCUT2D eigenvalue weighted by Crippen LogP contribution is 2.31. The van der Waals surface area contributed by atoms with E-state index in [-0.39, 0.29) is 10.8 Å². The molecule has 0 spiro atoms. The van der Waals surface area contributed by atoms with Crippen molar-refractivity contribution in [2.75, 3.05) is 0 Å². The zero-order chi connectivity index (χ0) is 10.7. The lowest BCUT2D eigenvalue weighted by Crippen LogP contribution is -2.03. The Kier molecular flexibility index (Phi) is 3.90. The lowest BCUT2D eigenvalue weighted by atomic mass is 10.1. The summed E-state index contributed by atoms with van der Waals surface area (Å²) in [7, 11) is 0. The van der Waals surface area contributed by atoms with Crippen molar-refractivity contribution in [2.24, 2.45) is 0 Å². The smallest absolute Gasteiger partial charge is 0.152 e. The first-order valence-electron chi connectivity index (χ1n) is 4.05. The molecule has 0 saturated heterocycles. The van der Waals surface area contributed by atoms with Crippen LogP contribution in [-0.2, 0) is 11.5 Å². The monoisotopic (exact) mass is 234 g/mol. The molecule has 1 unspecified atom stereocenters. The first kappa shape index (κ1) is 11.5. The number of ketones is 1. The minimum atomic E-state index is -0.797. The van der Waals surface area contributed by atoms with E-state index in [4.69, 9.17) is 23.2 Å². The Morgan fingerprint density at radius 3 is 2.71 bits per heavy atom. The molecule has 0 N–H and O–H groups in total. The van der Waals surface area contributed by atoms with Crippen molar-refractivity contribution < 1.29 is 9.18 Å². The number of hydrogen-bond acceptors (Lipinski definition) is 1. The molecule has 4 heteroatoms. The van der Waals surface area contributed by atoms with Crippen LogP contribution in [0.15, 0.2) is 18.2 Å². The molecule has 0 aromatic heterocycles. The summed E-state index contributed by atoms with van der Waals surface area (Å²) in [5.74, 6) is -0.204. The fraction of sp³-hybridized carbons (Fsp3) is 0.300. The highest BCUT2D eigenvalue weighted by molar-refractivity contribution is 6.36. The quantitative estimate of drug-likeness (QED) is 0.730. The van der Waals surface area contributed by atoms with E-state index in [0.717, 1.165) is 0 Å². The molecule has 1 rings (SSSR count). The van der Waals surface area contributed by atoms with Crippen molar-refractivity contribution in [3.05, 3.63) is 34.3 Å². The minimum absolute atomic E-state index is 0.204. The van der Waals surface area contributed by atoms with E-state index in [0.29, 0.717) is 11.1 Å². The lowest BCUT2D eigenvalue weighted by molar-refractivity contribution is -0.116. The number of hydrogen-bond donors (Lipinski definition) is 0. The summed E-state index contributed by atoms with van der Waals surface area (Å²) in [4.78, 5) is 11.0. The van der Waals surface area contributed by atoms with Gasteiger partial charge in [0, 0.05) is 5.56 Å². The maximum absolute atomic E-state index is 12.4. The second kappa shape index (κ2) is 4.76. The largest absolute Gasteiger partial charge is 0.298 e. The predicted octanol–water partition coefficient (Wildman–Crippen LogP) is 3.68. The summed E-state index contributed by atoms with van der Waals surface area (Å²) in [6.45, 7) is 0.713. The summed E-state index contributed by atoms with van der Waals surface area (Å²) in [5, 5.41) is -0.556. The second-order valence-electron chi connectivity index (χ2n) is 2.93. The van der Waals surface area contributed by atoms with Gasteiger partial charge in [-0.25, -0.2) is 4.39 Å². The molecular formula is C10H9Cl2FO. The van der Waals surface area contributed by atoms with Gasteiger partial charge in [-0.2, -0.15) is 0 Å². The Morgan fingerprint density at radius 2 is 2.21 bits per heavy atom. The Balaban J connectivity index is 3.15. The minimum Gasteiger partial charge on any atom is -0.298 e. The van der Waals surface area contributed by atoms with Gasteiger partial charge in [0.15, 0.2) is 5.78 Å². The summed E-state index contributed by atoms with van der Waals surface area (Å²) < 4.78 is 12.4. The topological polar surface area (TPSA) is 17.1 Å². The summed E-state index contributed by atoms with van der Waals surface area (Å²) >= 11 is 11.7. The van der Waals surface area contributed by atoms with E-state index in [1.165, 1.54) is 6.92 Å². The number of carbonyl (C=O) groups is 1. The highest BCUT2D eigenvalue weighted by Gasteiger charge is 2.17. The first-order chi connectivity index (χ1) is 6.57. The highest BCUT2D eigenvalue weighted by atomic mass is 35.5. The molecule has 1 atom stereocenters. The molecule has 0 aliphatic rings. The fourth-order valence-corrected chi connectivity index (χ4v) is 1.64. The number of carbonyl (C=O) groups excluding carboxylic acids is 1. The van der Waals surface area contributed by atoms with Crippen molar-refractivity contribution in [1.82, 2.24) is 0 Å². The van der Waals surface area contributed by atoms with Gasteiger partial charge in [0.1, 0.15) is 12.1 Å². The van der Waals surface area contributed by atoms with Gasteiger partial charge in [0.25, 0.3) is 0 Å². The van der Waals surface area contributed by atoms with Crippen molar-refractivity contribution in [3.8, 4) is 0 Å². The van der Waals surface area contributed by atoms with Crippen LogP contribution < -0.4 is 0 Å². The zero-order valence-electron chi connectivity index (χ0n) is 7.56. The summed E-state index contributed by atoms with van der Waals surface area (Å²) in [6.07, 6.45) is 0. The standard InChI is InChI=1S/C10H9Cl2FO/c1-6(14)9(11)8-4-2-3-7(5-13)10(8)12/h2-4,9H,5H2,1H3. The second-order valence-corrected chi connectivity index (χ2v) is 3.74. The molecule has 1 aromatic rings. The molecule has 1 aromatic carbocycles. The Bertz CT molecular complexity index is 352. The maximum atomic E-state index is 12.4. The van der Waals surface area contributed by atoms with Crippen LogP contribution in [0.25, 0.3) is 0 Å². The van der Waals surface area contributed by atoms with Crippen molar-refractivity contribution in [3.63, 3.8) is 0 Å². The molecule has 0 amide bonds. The average Bonchev–Trinajstić information content (AvgIpc) is 2.17. The van der Waals surface area contributed by atoms with Crippen LogP contribution in [0.4, 0.5) is 4.39 Å². The van der Waals surface area contributed by atoms with Crippen LogP contribution in [0.3, 0.4) is 0 Å². The average molecular weight is 235 g/mol. The van der Waals surface area contributed by atoms with Crippen molar-refractivity contribution in [1.29, 1.82) is 0 Å². The molecule has 0 saturated carbocycles. The molecule has 1 nitrogen and oxygen atoms in total. The zero-order valence-corrected chi connectivity index (χ0v) is 9.07. The third-order valence-corrected chi connectivity index (χ3v) is 2.89. The predicted molar refractivity (Wildman–Crippen MR) is 55.5 cm³/mol. The van der Waals surface area contributed by atoms with Gasteiger partial charge in [-0.1, -0.05) is 29.8 Å². The van der Waals surface area contributed by atoms with Crippen LogP contribution >= 0.6 is 23.2 Å². The van der Waals surface area contributed by atoms with Crippen LogP contribution in [0.5, 0.6) is 0 Å². The van der Waals surface area contributed by atoms with Crippen molar-refractivity contribution >= 4 is 29.0 Å². The van der Waals surface area contributed by atoms with E-state index in [1.54, 1.807) is 18.2 Å². The third kappa shape index (κ3) is 2.25. The van der Waals surface area contributed by atoms with Gasteiger partial charge >= 0.3 is 0 Å². The third-order valence-electron chi connectivity index (χ3n) is 1.88. The van der Waals surface area contributed by atoms with Gasteiger partial charge in [0.2, 0.25) is 0 Å². The van der Waals surface area contributed by atoms with E-state index in [2.05, 4.69) is 0 Å². The summed E-state index contributed by atoms with van der Waals surface area (Å²) in [5.41, 5.74) is 0.826. The molecule has 76 valence electrons. The number of rotatable bonds is 3. The normalized spacial score (nSPS) is 12.6. The molecule has 14 heavy (non-hydrogen) atoms. The molecule has 0 bridgehead atoms. The van der Waals surface area contributed by atoms with E-state index >= 15 is 0 Å². The fourth-order valence-electron chi connectivity index (χ4n) is 1.12. The molecule has 0 radical (unpaired) electrons. The number of halogens is 3. The van der Waals surface area contributed by atoms with Gasteiger partial charge in [-0.05, 0) is 12.5 Å². The van der Waals surface area contributed by atoms with Gasteiger partial charge in [0.05, 0.1) is 5.02 Å². The molecular weight excluding hydrogens is 226 g/mol. The number of alkyl halides is 2. The van der Waals surface area contributed by atoms with Crippen LogP contribution in [0.1, 0.15) is 23.4 Å². The van der Waals surface area contributed by atoms with Crippen molar-refractivity contribution in [2.45, 2.75) is 19.0 Å². The van der Waals surface area contributed by atoms with Crippen LogP contribution in [0.2, 0.25) is 5.02 Å². The molecule has 0 aliphatic heterocycles. The summed E-state index contributed by atoms with van der Waals surface area (Å²) in [6, 6.07) is 4.82. The maximum Gasteiger partial charge on any atom is 0.152 e. The number of benzene rings is 1. The Hall–Kier alpha value is -0.600. The van der Waals surface area contributed by atoms with Crippen LogP contribution in [-0.4, -0.2) is 5.78 Å².